The maximum absolute atomic E-state index is 9.21. The van der Waals surface area contributed by atoms with Crippen LogP contribution >= 0.6 is 0 Å². The molecule has 2 N–H and O–H groups in total. The van der Waals surface area contributed by atoms with Crippen LogP contribution in [0.15, 0.2) is 23.8 Å². The van der Waals surface area contributed by atoms with Gasteiger partial charge in [0.2, 0.25) is 0 Å². The molecular formula is C15H20N2O2. The number of hydrogen-bond acceptors (Lipinski definition) is 4. The standard InChI is InChI=1S/C15H20N2O2/c1-10-13-5-3-11-9-12(19-2)4-6-14(11)15(13)17(16-10)7-8-18/h4,6,9-10,16,18H,3,5,7-8H2,1-2H3. The van der Waals surface area contributed by atoms with Gasteiger partial charge in [-0.15, -0.1) is 0 Å². The highest BCUT2D eigenvalue weighted by Gasteiger charge is 2.32. The Morgan fingerprint density at radius 2 is 2.26 bits per heavy atom. The van der Waals surface area contributed by atoms with Crippen LogP contribution in [-0.4, -0.2) is 36.4 Å². The zero-order chi connectivity index (χ0) is 13.4. The van der Waals surface area contributed by atoms with Crippen LogP contribution in [0.25, 0.3) is 5.70 Å². The molecule has 0 amide bonds. The average Bonchev–Trinajstić information content (AvgIpc) is 2.75. The van der Waals surface area contributed by atoms with Gasteiger partial charge in [0.1, 0.15) is 5.75 Å². The molecule has 0 radical (unpaired) electrons. The predicted molar refractivity (Wildman–Crippen MR) is 74.6 cm³/mol. The van der Waals surface area contributed by atoms with Crippen LogP contribution in [0.3, 0.4) is 0 Å². The van der Waals surface area contributed by atoms with E-state index in [1.54, 1.807) is 7.11 Å². The highest BCUT2D eigenvalue weighted by atomic mass is 16.5. The van der Waals surface area contributed by atoms with Gasteiger partial charge in [-0.05, 0) is 49.1 Å². The molecule has 102 valence electrons. The van der Waals surface area contributed by atoms with Gasteiger partial charge in [-0.1, -0.05) is 0 Å². The summed E-state index contributed by atoms with van der Waals surface area (Å²) >= 11 is 0. The average molecular weight is 260 g/mol. The van der Waals surface area contributed by atoms with Crippen LogP contribution in [-0.2, 0) is 6.42 Å². The van der Waals surface area contributed by atoms with E-state index in [-0.39, 0.29) is 6.61 Å². The molecule has 3 rings (SSSR count). The van der Waals surface area contributed by atoms with Crippen LogP contribution in [0.1, 0.15) is 24.5 Å². The zero-order valence-electron chi connectivity index (χ0n) is 11.4. The number of aryl methyl sites for hydroxylation is 1. The second-order valence-corrected chi connectivity index (χ2v) is 5.12. The summed E-state index contributed by atoms with van der Waals surface area (Å²) in [6.45, 7) is 2.96. The third kappa shape index (κ3) is 2.01. The molecule has 1 aromatic rings. The van der Waals surface area contributed by atoms with Crippen molar-refractivity contribution in [3.63, 3.8) is 0 Å². The fourth-order valence-electron chi connectivity index (χ4n) is 3.09. The number of nitrogens with one attached hydrogen (secondary N) is 1. The lowest BCUT2D eigenvalue weighted by Gasteiger charge is -2.26. The molecule has 1 unspecified atom stereocenters. The van der Waals surface area contributed by atoms with Crippen LogP contribution in [0.5, 0.6) is 5.75 Å². The summed E-state index contributed by atoms with van der Waals surface area (Å²) in [4.78, 5) is 0. The van der Waals surface area contributed by atoms with Crippen LogP contribution in [0, 0.1) is 0 Å². The third-order valence-corrected chi connectivity index (χ3v) is 4.00. The topological polar surface area (TPSA) is 44.7 Å². The van der Waals surface area contributed by atoms with Crippen molar-refractivity contribution in [1.82, 2.24) is 10.4 Å². The van der Waals surface area contributed by atoms with E-state index in [4.69, 9.17) is 4.74 Å². The Morgan fingerprint density at radius 1 is 1.42 bits per heavy atom. The first-order valence-electron chi connectivity index (χ1n) is 6.79. The van der Waals surface area contributed by atoms with Crippen molar-refractivity contribution >= 4 is 5.70 Å². The number of fused-ring (bicyclic) bond motifs is 2. The molecule has 1 aromatic carbocycles. The van der Waals surface area contributed by atoms with Gasteiger partial charge >= 0.3 is 0 Å². The molecule has 0 bridgehead atoms. The molecule has 0 aromatic heterocycles. The first kappa shape index (κ1) is 12.5. The maximum atomic E-state index is 9.21. The van der Waals surface area contributed by atoms with Crippen molar-refractivity contribution < 1.29 is 9.84 Å². The molecule has 0 fully saturated rings. The van der Waals surface area contributed by atoms with E-state index in [0.717, 1.165) is 18.6 Å². The maximum Gasteiger partial charge on any atom is 0.119 e. The first-order valence-corrected chi connectivity index (χ1v) is 6.79. The zero-order valence-corrected chi connectivity index (χ0v) is 11.4. The summed E-state index contributed by atoms with van der Waals surface area (Å²) in [6, 6.07) is 6.62. The number of hydrazine groups is 1. The van der Waals surface area contributed by atoms with Gasteiger partial charge in [-0.3, -0.25) is 0 Å². The number of rotatable bonds is 3. The van der Waals surface area contributed by atoms with Gasteiger partial charge in [0.05, 0.1) is 26.0 Å². The first-order chi connectivity index (χ1) is 9.24. The number of nitrogens with zero attached hydrogens (tertiary/aromatic N) is 1. The number of methoxy groups -OCH3 is 1. The Bertz CT molecular complexity index is 525. The Labute approximate surface area is 113 Å². The normalized spacial score (nSPS) is 21.4. The Morgan fingerprint density at radius 3 is 3.00 bits per heavy atom. The lowest BCUT2D eigenvalue weighted by atomic mass is 9.87. The van der Waals surface area contributed by atoms with E-state index in [2.05, 4.69) is 29.5 Å². The van der Waals surface area contributed by atoms with Crippen molar-refractivity contribution in [1.29, 1.82) is 0 Å². The van der Waals surface area contributed by atoms with Crippen molar-refractivity contribution in [2.24, 2.45) is 0 Å². The van der Waals surface area contributed by atoms with Crippen LogP contribution in [0.2, 0.25) is 0 Å². The fraction of sp³-hybridized carbons (Fsp3) is 0.467. The highest BCUT2D eigenvalue weighted by molar-refractivity contribution is 5.74. The minimum absolute atomic E-state index is 0.155. The quantitative estimate of drug-likeness (QED) is 0.865. The van der Waals surface area contributed by atoms with Crippen molar-refractivity contribution in [3.8, 4) is 5.75 Å². The number of aliphatic hydroxyl groups is 1. The smallest absolute Gasteiger partial charge is 0.119 e. The Balaban J connectivity index is 2.04. The van der Waals surface area contributed by atoms with Gasteiger partial charge in [0.15, 0.2) is 0 Å². The van der Waals surface area contributed by atoms with E-state index >= 15 is 0 Å². The fourth-order valence-corrected chi connectivity index (χ4v) is 3.09. The number of benzene rings is 1. The summed E-state index contributed by atoms with van der Waals surface area (Å²) in [6.07, 6.45) is 2.13. The number of β-amino-alcohol motifs (C(OH)–C–C–N with tert-alkyl or cyclic N) is 1. The lowest BCUT2D eigenvalue weighted by molar-refractivity contribution is 0.208. The van der Waals surface area contributed by atoms with Gasteiger partial charge in [0, 0.05) is 11.6 Å². The lowest BCUT2D eigenvalue weighted by Crippen LogP contribution is -2.37. The molecule has 4 heteroatoms. The molecule has 2 aliphatic rings. The van der Waals surface area contributed by atoms with E-state index < -0.39 is 0 Å². The largest absolute Gasteiger partial charge is 0.497 e. The molecular weight excluding hydrogens is 240 g/mol. The molecule has 0 saturated carbocycles. The summed E-state index contributed by atoms with van der Waals surface area (Å²) in [7, 11) is 1.70. The second kappa shape index (κ2) is 4.87. The van der Waals surface area contributed by atoms with E-state index in [9.17, 15) is 5.11 Å². The van der Waals surface area contributed by atoms with Crippen LogP contribution < -0.4 is 10.2 Å². The molecule has 1 aliphatic heterocycles. The van der Waals surface area contributed by atoms with Crippen molar-refractivity contribution in [2.45, 2.75) is 25.8 Å². The second-order valence-electron chi connectivity index (χ2n) is 5.12. The molecule has 19 heavy (non-hydrogen) atoms. The third-order valence-electron chi connectivity index (χ3n) is 4.00. The van der Waals surface area contributed by atoms with Gasteiger partial charge < -0.3 is 14.9 Å². The van der Waals surface area contributed by atoms with E-state index in [0.29, 0.717) is 12.6 Å². The van der Waals surface area contributed by atoms with Gasteiger partial charge in [0.25, 0.3) is 0 Å². The van der Waals surface area contributed by atoms with Crippen LogP contribution in [0.4, 0.5) is 0 Å². The van der Waals surface area contributed by atoms with Gasteiger partial charge in [-0.2, -0.15) is 0 Å². The molecule has 1 heterocycles. The molecule has 0 saturated heterocycles. The number of ether oxygens (including phenoxy) is 1. The minimum atomic E-state index is 0.155. The predicted octanol–water partition coefficient (Wildman–Crippen LogP) is 1.55. The van der Waals surface area contributed by atoms with Crippen molar-refractivity contribution in [2.75, 3.05) is 20.3 Å². The monoisotopic (exact) mass is 260 g/mol. The Kier molecular flexibility index (Phi) is 3.21. The summed E-state index contributed by atoms with van der Waals surface area (Å²) in [5.41, 5.74) is 8.74. The number of aliphatic hydroxyl groups excluding tert-OH is 1. The van der Waals surface area contributed by atoms with Crippen molar-refractivity contribution in [3.05, 3.63) is 34.9 Å². The SMILES string of the molecule is COc1ccc2c(c1)CCC1=C2N(CCO)NC1C. The number of hydrogen-bond donors (Lipinski definition) is 2. The summed E-state index contributed by atoms with van der Waals surface area (Å²) < 4.78 is 5.30. The highest BCUT2D eigenvalue weighted by Crippen LogP contribution is 2.39. The molecule has 1 atom stereocenters. The van der Waals surface area contributed by atoms with E-state index in [1.807, 2.05) is 6.07 Å². The Hall–Kier alpha value is -1.52. The van der Waals surface area contributed by atoms with E-state index in [1.165, 1.54) is 22.4 Å². The summed E-state index contributed by atoms with van der Waals surface area (Å²) in [5, 5.41) is 11.3. The summed E-state index contributed by atoms with van der Waals surface area (Å²) in [5.74, 6) is 0.913. The molecule has 0 spiro atoms. The van der Waals surface area contributed by atoms with Gasteiger partial charge in [-0.25, -0.2) is 5.43 Å². The molecule has 4 nitrogen and oxygen atoms in total. The molecule has 1 aliphatic carbocycles. The minimum Gasteiger partial charge on any atom is -0.497 e.